The third kappa shape index (κ3) is 3.98. The smallest absolute Gasteiger partial charge is 0.281 e. The zero-order valence-corrected chi connectivity index (χ0v) is 19.4. The van der Waals surface area contributed by atoms with Crippen molar-refractivity contribution in [2.24, 2.45) is 0 Å². The van der Waals surface area contributed by atoms with Gasteiger partial charge in [0.25, 0.3) is 12.3 Å². The van der Waals surface area contributed by atoms with Gasteiger partial charge in [0.15, 0.2) is 11.6 Å². The zero-order chi connectivity index (χ0) is 25.9. The lowest BCUT2D eigenvalue weighted by Gasteiger charge is -2.19. The Balaban J connectivity index is 1.63. The van der Waals surface area contributed by atoms with Crippen LogP contribution in [0, 0.1) is 18.6 Å². The van der Waals surface area contributed by atoms with Crippen molar-refractivity contribution in [2.75, 3.05) is 32.6 Å². The van der Waals surface area contributed by atoms with Crippen molar-refractivity contribution in [3.63, 3.8) is 0 Å². The topological polar surface area (TPSA) is 72.5 Å². The van der Waals surface area contributed by atoms with Crippen LogP contribution < -0.4 is 10.1 Å². The van der Waals surface area contributed by atoms with E-state index in [2.05, 4.69) is 20.4 Å². The lowest BCUT2D eigenvalue weighted by molar-refractivity contribution is 0.00582. The average Bonchev–Trinajstić information content (AvgIpc) is 3.37. The number of alkyl halides is 4. The van der Waals surface area contributed by atoms with Crippen LogP contribution in [0.25, 0.3) is 27.7 Å². The number of aryl methyl sites for hydroxylation is 1. The summed E-state index contributed by atoms with van der Waals surface area (Å²) in [5.41, 5.74) is -0.189. The van der Waals surface area contributed by atoms with E-state index < -0.39 is 43.1 Å². The number of rotatable bonds is 6. The SMILES string of the molecule is COc1nc(N[C@@H]2CN(C)CC2(F)F)nn2cc(F)c(-c3cc(F)c4nc(C)n(CC(F)F)c4c3)c12. The predicted octanol–water partition coefficient (Wildman–Crippen LogP) is 3.97. The molecule has 0 aliphatic carbocycles. The van der Waals surface area contributed by atoms with Crippen LogP contribution in [0.15, 0.2) is 18.3 Å². The van der Waals surface area contributed by atoms with Gasteiger partial charge in [-0.25, -0.2) is 35.8 Å². The fraction of sp³-hybridized carbons (Fsp3) is 0.409. The first kappa shape index (κ1) is 24.2. The minimum absolute atomic E-state index is 0.00578. The molecular formula is C22H21F6N7O. The molecule has 1 N–H and O–H groups in total. The number of likely N-dealkylation sites (N-methyl/N-ethyl adjacent to an activating group) is 1. The summed E-state index contributed by atoms with van der Waals surface area (Å²) in [6.07, 6.45) is -1.74. The molecule has 4 aromatic rings. The van der Waals surface area contributed by atoms with Gasteiger partial charge in [-0.15, -0.1) is 5.10 Å². The number of anilines is 1. The van der Waals surface area contributed by atoms with Gasteiger partial charge in [0.1, 0.15) is 22.9 Å². The van der Waals surface area contributed by atoms with E-state index in [0.717, 1.165) is 21.3 Å². The van der Waals surface area contributed by atoms with Gasteiger partial charge in [0, 0.05) is 6.54 Å². The monoisotopic (exact) mass is 513 g/mol. The largest absolute Gasteiger partial charge is 0.479 e. The first-order chi connectivity index (χ1) is 17.0. The van der Waals surface area contributed by atoms with E-state index in [1.165, 1.54) is 25.0 Å². The first-order valence-electron chi connectivity index (χ1n) is 10.9. The Bertz CT molecular complexity index is 1470. The number of methoxy groups -OCH3 is 1. The summed E-state index contributed by atoms with van der Waals surface area (Å²) < 4.78 is 92.4. The van der Waals surface area contributed by atoms with Crippen LogP contribution >= 0.6 is 0 Å². The van der Waals surface area contributed by atoms with E-state index >= 15 is 4.39 Å². The van der Waals surface area contributed by atoms with Crippen LogP contribution in [-0.2, 0) is 6.54 Å². The van der Waals surface area contributed by atoms with Gasteiger partial charge in [-0.05, 0) is 31.7 Å². The second kappa shape index (κ2) is 8.54. The van der Waals surface area contributed by atoms with E-state index in [4.69, 9.17) is 4.74 Å². The Morgan fingerprint density at radius 1 is 1.19 bits per heavy atom. The van der Waals surface area contributed by atoms with E-state index in [9.17, 15) is 22.0 Å². The van der Waals surface area contributed by atoms with Crippen molar-refractivity contribution in [2.45, 2.75) is 31.9 Å². The molecular weight excluding hydrogens is 492 g/mol. The van der Waals surface area contributed by atoms with Crippen molar-refractivity contribution < 1.29 is 31.1 Å². The van der Waals surface area contributed by atoms with Gasteiger partial charge in [0.2, 0.25) is 11.8 Å². The number of hydrogen-bond acceptors (Lipinski definition) is 6. The second-order valence-corrected chi connectivity index (χ2v) is 8.73. The predicted molar refractivity (Wildman–Crippen MR) is 119 cm³/mol. The van der Waals surface area contributed by atoms with Crippen LogP contribution in [0.4, 0.5) is 32.3 Å². The van der Waals surface area contributed by atoms with Gasteiger partial charge in [-0.3, -0.25) is 4.90 Å². The van der Waals surface area contributed by atoms with Gasteiger partial charge in [-0.2, -0.15) is 4.98 Å². The number of likely N-dealkylation sites (tertiary alicyclic amines) is 1. The zero-order valence-electron chi connectivity index (χ0n) is 19.4. The number of nitrogens with zero attached hydrogens (tertiary/aromatic N) is 6. The lowest BCUT2D eigenvalue weighted by Crippen LogP contribution is -2.38. The highest BCUT2D eigenvalue weighted by Gasteiger charge is 2.47. The summed E-state index contributed by atoms with van der Waals surface area (Å²) in [6.45, 7) is 0.342. The van der Waals surface area contributed by atoms with Gasteiger partial charge >= 0.3 is 0 Å². The molecule has 0 bridgehead atoms. The maximum atomic E-state index is 15.2. The molecule has 1 aromatic carbocycles. The van der Waals surface area contributed by atoms with Crippen molar-refractivity contribution in [1.82, 2.24) is 29.0 Å². The average molecular weight is 513 g/mol. The fourth-order valence-electron chi connectivity index (χ4n) is 4.60. The van der Waals surface area contributed by atoms with E-state index in [0.29, 0.717) is 0 Å². The number of aromatic nitrogens is 5. The molecule has 8 nitrogen and oxygen atoms in total. The number of halogens is 6. The third-order valence-corrected chi connectivity index (χ3v) is 6.14. The third-order valence-electron chi connectivity index (χ3n) is 6.14. The van der Waals surface area contributed by atoms with Crippen molar-refractivity contribution in [3.8, 4) is 17.0 Å². The molecule has 0 radical (unpaired) electrons. The van der Waals surface area contributed by atoms with E-state index in [1.54, 1.807) is 7.05 Å². The minimum Gasteiger partial charge on any atom is -0.479 e. The summed E-state index contributed by atoms with van der Waals surface area (Å²) in [5.74, 6) is -4.90. The Labute approximate surface area is 200 Å². The highest BCUT2D eigenvalue weighted by Crippen LogP contribution is 2.37. The van der Waals surface area contributed by atoms with Crippen LogP contribution in [0.2, 0.25) is 0 Å². The molecule has 0 spiro atoms. The summed E-state index contributed by atoms with van der Waals surface area (Å²) in [5, 5.41) is 6.68. The highest BCUT2D eigenvalue weighted by atomic mass is 19.3. The van der Waals surface area contributed by atoms with E-state index in [1.807, 2.05) is 0 Å². The van der Waals surface area contributed by atoms with Crippen LogP contribution in [0.3, 0.4) is 0 Å². The Hall–Kier alpha value is -3.55. The normalized spacial score (nSPS) is 18.1. The molecule has 0 unspecified atom stereocenters. The molecule has 1 saturated heterocycles. The minimum atomic E-state index is -3.04. The lowest BCUT2D eigenvalue weighted by atomic mass is 10.1. The summed E-state index contributed by atoms with van der Waals surface area (Å²) in [4.78, 5) is 9.59. The fourth-order valence-corrected chi connectivity index (χ4v) is 4.60. The Kier molecular flexibility index (Phi) is 5.73. The first-order valence-corrected chi connectivity index (χ1v) is 10.9. The van der Waals surface area contributed by atoms with Crippen LogP contribution in [0.5, 0.6) is 5.88 Å². The number of hydrogen-bond donors (Lipinski definition) is 1. The molecule has 4 heterocycles. The molecule has 0 amide bonds. The molecule has 1 atom stereocenters. The Morgan fingerprint density at radius 3 is 2.58 bits per heavy atom. The standard InChI is InChI=1S/C22H21F6N7O/c1-10-29-18-12(23)4-11(5-14(18)34(10)8-16(25)26)17-13(24)6-35-19(17)20(36-3)31-21(32-35)30-15-7-33(2)9-22(15,27)28/h4-6,15-16H,7-9H2,1-3H3,(H,30,32)/t15-/m1/s1. The number of nitrogens with one attached hydrogen (secondary N) is 1. The van der Waals surface area contributed by atoms with Crippen molar-refractivity contribution in [1.29, 1.82) is 0 Å². The molecule has 3 aromatic heterocycles. The van der Waals surface area contributed by atoms with Gasteiger partial charge in [0.05, 0.1) is 37.5 Å². The van der Waals surface area contributed by atoms with Crippen molar-refractivity contribution in [3.05, 3.63) is 35.8 Å². The highest BCUT2D eigenvalue weighted by molar-refractivity contribution is 5.90. The quantitative estimate of drug-likeness (QED) is 0.394. The molecule has 1 fully saturated rings. The number of imidazole rings is 1. The van der Waals surface area contributed by atoms with E-state index in [-0.39, 0.29) is 51.9 Å². The molecule has 0 saturated carbocycles. The molecule has 1 aliphatic heterocycles. The van der Waals surface area contributed by atoms with Crippen molar-refractivity contribution >= 4 is 22.5 Å². The number of benzene rings is 1. The molecule has 5 rings (SSSR count). The molecule has 192 valence electrons. The van der Waals surface area contributed by atoms with Gasteiger partial charge in [-0.1, -0.05) is 0 Å². The Morgan fingerprint density at radius 2 is 1.94 bits per heavy atom. The van der Waals surface area contributed by atoms with Gasteiger partial charge < -0.3 is 14.6 Å². The van der Waals surface area contributed by atoms with Crippen LogP contribution in [-0.4, -0.2) is 74.7 Å². The number of fused-ring (bicyclic) bond motifs is 2. The molecule has 14 heteroatoms. The second-order valence-electron chi connectivity index (χ2n) is 8.73. The maximum absolute atomic E-state index is 15.2. The van der Waals surface area contributed by atoms with Crippen LogP contribution in [0.1, 0.15) is 5.82 Å². The number of ether oxygens (including phenoxy) is 1. The molecule has 1 aliphatic rings. The summed E-state index contributed by atoms with van der Waals surface area (Å²) in [7, 11) is 2.81. The summed E-state index contributed by atoms with van der Waals surface area (Å²) in [6, 6.07) is 1.10. The summed E-state index contributed by atoms with van der Waals surface area (Å²) >= 11 is 0. The maximum Gasteiger partial charge on any atom is 0.281 e. The molecule has 36 heavy (non-hydrogen) atoms.